The van der Waals surface area contributed by atoms with E-state index in [2.05, 4.69) is 15.3 Å². The molecule has 1 aromatic carbocycles. The molecule has 0 unspecified atom stereocenters. The maximum atomic E-state index is 13.3. The van der Waals surface area contributed by atoms with Gasteiger partial charge in [0.2, 0.25) is 5.91 Å². The predicted octanol–water partition coefficient (Wildman–Crippen LogP) is 1.54. The smallest absolute Gasteiger partial charge is 0.481 e. The van der Waals surface area contributed by atoms with Gasteiger partial charge >= 0.3 is 12.1 Å². The van der Waals surface area contributed by atoms with Gasteiger partial charge in [0.05, 0.1) is 19.7 Å². The number of carbonyl (C=O) groups is 5. The van der Waals surface area contributed by atoms with Gasteiger partial charge in [0, 0.05) is 32.0 Å². The number of ketones is 1. The normalized spacial score (nSPS) is 14.3. The van der Waals surface area contributed by atoms with Crippen molar-refractivity contribution in [2.45, 2.75) is 32.7 Å². The van der Waals surface area contributed by atoms with E-state index in [1.165, 1.54) is 23.0 Å². The van der Waals surface area contributed by atoms with Crippen LogP contribution in [0.3, 0.4) is 0 Å². The molecule has 2 amide bonds. The van der Waals surface area contributed by atoms with Crippen molar-refractivity contribution in [3.8, 4) is 11.4 Å². The fraction of sp³-hybridized carbons (Fsp3) is 0.400. The zero-order valence-corrected chi connectivity index (χ0v) is 21.1. The van der Waals surface area contributed by atoms with E-state index in [4.69, 9.17) is 14.7 Å². The second-order valence-corrected chi connectivity index (χ2v) is 8.37. The highest BCUT2D eigenvalue weighted by molar-refractivity contribution is 5.99. The Kier molecular flexibility index (Phi) is 9.82. The van der Waals surface area contributed by atoms with E-state index in [0.29, 0.717) is 5.56 Å². The molecule has 13 heteroatoms. The summed E-state index contributed by atoms with van der Waals surface area (Å²) in [6.07, 6.45) is -1.36. The Morgan fingerprint density at radius 2 is 1.68 bits per heavy atom. The molecule has 0 saturated carbocycles. The SMILES string of the molecule is CCOC(=O)ON1CCN(C(=O)[C@H](CCC(=O)O)NC(=O)c2cc(C(C)=O)nc(-c3ccccc3)n2)CC1. The summed E-state index contributed by atoms with van der Waals surface area (Å²) in [6, 6.07) is 8.85. The first-order chi connectivity index (χ1) is 18.2. The Bertz CT molecular complexity index is 1180. The maximum absolute atomic E-state index is 13.3. The van der Waals surface area contributed by atoms with Gasteiger partial charge in [-0.2, -0.15) is 0 Å². The number of nitrogens with zero attached hydrogens (tertiary/aromatic N) is 4. The van der Waals surface area contributed by atoms with Crippen LogP contribution in [0.5, 0.6) is 0 Å². The lowest BCUT2D eigenvalue weighted by molar-refractivity contribution is -0.157. The van der Waals surface area contributed by atoms with Gasteiger partial charge in [-0.1, -0.05) is 30.3 Å². The van der Waals surface area contributed by atoms with Crippen molar-refractivity contribution < 1.29 is 38.7 Å². The van der Waals surface area contributed by atoms with E-state index in [9.17, 15) is 24.0 Å². The van der Waals surface area contributed by atoms with Gasteiger partial charge in [-0.15, -0.1) is 5.06 Å². The van der Waals surface area contributed by atoms with Gasteiger partial charge in [-0.25, -0.2) is 14.8 Å². The zero-order valence-electron chi connectivity index (χ0n) is 21.1. The second-order valence-electron chi connectivity index (χ2n) is 8.37. The van der Waals surface area contributed by atoms with E-state index < -0.39 is 30.0 Å². The van der Waals surface area contributed by atoms with E-state index in [-0.39, 0.29) is 68.6 Å². The number of hydrogen-bond acceptors (Lipinski definition) is 10. The van der Waals surface area contributed by atoms with Crippen molar-refractivity contribution >= 4 is 29.7 Å². The number of hydrogen-bond donors (Lipinski definition) is 2. The van der Waals surface area contributed by atoms with Crippen LogP contribution < -0.4 is 5.32 Å². The quantitative estimate of drug-likeness (QED) is 0.339. The average molecular weight is 528 g/mol. The van der Waals surface area contributed by atoms with Crippen molar-refractivity contribution in [2.24, 2.45) is 0 Å². The Balaban J connectivity index is 1.76. The number of aliphatic carboxylic acids is 1. The van der Waals surface area contributed by atoms with Gasteiger partial charge in [0.1, 0.15) is 17.4 Å². The highest BCUT2D eigenvalue weighted by Crippen LogP contribution is 2.17. The molecule has 0 bridgehead atoms. The van der Waals surface area contributed by atoms with Crippen LogP contribution in [0.25, 0.3) is 11.4 Å². The number of carbonyl (C=O) groups excluding carboxylic acids is 4. The van der Waals surface area contributed by atoms with Crippen molar-refractivity contribution in [3.63, 3.8) is 0 Å². The molecular weight excluding hydrogens is 498 g/mol. The van der Waals surface area contributed by atoms with Gasteiger partial charge in [-0.3, -0.25) is 19.2 Å². The molecule has 13 nitrogen and oxygen atoms in total. The molecule has 0 aliphatic carbocycles. The van der Waals surface area contributed by atoms with Crippen LogP contribution >= 0.6 is 0 Å². The lowest BCUT2D eigenvalue weighted by atomic mass is 10.1. The standard InChI is InChI=1S/C25H29N5O8/c1-3-37-25(36)38-30-13-11-29(12-14-30)24(35)18(9-10-21(32)33)28-23(34)20-15-19(16(2)31)26-22(27-20)17-7-5-4-6-8-17/h4-8,15,18H,3,9-14H2,1-2H3,(H,28,34)(H,32,33)/t18-/m0/s1. The van der Waals surface area contributed by atoms with Crippen LogP contribution in [-0.2, 0) is 19.2 Å². The first kappa shape index (κ1) is 28.2. The Morgan fingerprint density at radius 3 is 2.29 bits per heavy atom. The third-order valence-corrected chi connectivity index (χ3v) is 5.62. The van der Waals surface area contributed by atoms with Gasteiger partial charge in [0.15, 0.2) is 11.6 Å². The van der Waals surface area contributed by atoms with Crippen LogP contribution in [0.2, 0.25) is 0 Å². The molecule has 3 rings (SSSR count). The number of nitrogens with one attached hydrogen (secondary N) is 1. The molecule has 2 aromatic rings. The average Bonchev–Trinajstić information content (AvgIpc) is 2.91. The van der Waals surface area contributed by atoms with E-state index >= 15 is 0 Å². The summed E-state index contributed by atoms with van der Waals surface area (Å²) in [5.74, 6) is -2.58. The van der Waals surface area contributed by atoms with Crippen LogP contribution in [-0.4, -0.2) is 93.6 Å². The minimum atomic E-state index is -1.16. The lowest BCUT2D eigenvalue weighted by Gasteiger charge is -2.35. The van der Waals surface area contributed by atoms with Crippen LogP contribution in [0.1, 0.15) is 47.7 Å². The molecule has 202 valence electrons. The Labute approximate surface area is 218 Å². The van der Waals surface area contributed by atoms with Crippen LogP contribution in [0, 0.1) is 0 Å². The number of carboxylic acid groups (broad SMARTS) is 1. The molecular formula is C25H29N5O8. The van der Waals surface area contributed by atoms with Crippen LogP contribution in [0.15, 0.2) is 36.4 Å². The van der Waals surface area contributed by atoms with E-state index in [0.717, 1.165) is 0 Å². The summed E-state index contributed by atoms with van der Waals surface area (Å²) < 4.78 is 4.74. The molecule has 0 spiro atoms. The first-order valence-electron chi connectivity index (χ1n) is 12.0. The van der Waals surface area contributed by atoms with E-state index in [1.807, 2.05) is 0 Å². The van der Waals surface area contributed by atoms with Crippen molar-refractivity contribution in [1.29, 1.82) is 0 Å². The molecule has 1 aliphatic rings. The van der Waals surface area contributed by atoms with Gasteiger partial charge < -0.3 is 24.9 Å². The molecule has 38 heavy (non-hydrogen) atoms. The summed E-state index contributed by atoms with van der Waals surface area (Å²) >= 11 is 0. The molecule has 2 N–H and O–H groups in total. The number of ether oxygens (including phenoxy) is 1. The number of piperazine rings is 1. The number of rotatable bonds is 10. The molecule has 1 saturated heterocycles. The molecule has 2 heterocycles. The molecule has 1 aliphatic heterocycles. The summed E-state index contributed by atoms with van der Waals surface area (Å²) in [5, 5.41) is 13.1. The maximum Gasteiger partial charge on any atom is 0.527 e. The minimum Gasteiger partial charge on any atom is -0.481 e. The summed E-state index contributed by atoms with van der Waals surface area (Å²) in [5.41, 5.74) is 0.478. The summed E-state index contributed by atoms with van der Waals surface area (Å²) in [6.45, 7) is 3.89. The number of hydroxylamine groups is 2. The minimum absolute atomic E-state index is 0.0233. The van der Waals surface area contributed by atoms with Crippen molar-refractivity contribution in [3.05, 3.63) is 47.8 Å². The monoisotopic (exact) mass is 527 g/mol. The number of Topliss-reactive ketones (excluding diaryl/α,β-unsaturated/α-hetero) is 1. The molecule has 0 radical (unpaired) electrons. The highest BCUT2D eigenvalue weighted by atomic mass is 16.8. The third kappa shape index (κ3) is 7.80. The van der Waals surface area contributed by atoms with Crippen molar-refractivity contribution in [1.82, 2.24) is 25.2 Å². The predicted molar refractivity (Wildman–Crippen MR) is 132 cm³/mol. The topological polar surface area (TPSA) is 168 Å². The summed E-state index contributed by atoms with van der Waals surface area (Å²) in [4.78, 5) is 76.2. The van der Waals surface area contributed by atoms with Gasteiger partial charge in [0.25, 0.3) is 5.91 Å². The fourth-order valence-electron chi connectivity index (χ4n) is 3.69. The third-order valence-electron chi connectivity index (χ3n) is 5.62. The molecule has 1 atom stereocenters. The molecule has 1 aromatic heterocycles. The fourth-order valence-corrected chi connectivity index (χ4v) is 3.69. The largest absolute Gasteiger partial charge is 0.527 e. The van der Waals surface area contributed by atoms with Crippen molar-refractivity contribution in [2.75, 3.05) is 32.8 Å². The van der Waals surface area contributed by atoms with E-state index in [1.54, 1.807) is 37.3 Å². The number of amides is 2. The van der Waals surface area contributed by atoms with Gasteiger partial charge in [-0.05, 0) is 19.4 Å². The number of aromatic nitrogens is 2. The molecule has 1 fully saturated rings. The Hall–Kier alpha value is -4.39. The lowest BCUT2D eigenvalue weighted by Crippen LogP contribution is -2.55. The summed E-state index contributed by atoms with van der Waals surface area (Å²) in [7, 11) is 0. The first-order valence-corrected chi connectivity index (χ1v) is 12.0. The Morgan fingerprint density at radius 1 is 1.03 bits per heavy atom. The number of carboxylic acids is 1. The second kappa shape index (κ2) is 13.2. The van der Waals surface area contributed by atoms with Crippen LogP contribution in [0.4, 0.5) is 4.79 Å². The highest BCUT2D eigenvalue weighted by Gasteiger charge is 2.31. The zero-order chi connectivity index (χ0) is 27.7. The number of benzene rings is 1.